The average Bonchev–Trinajstić information content (AvgIpc) is 3.19. The first kappa shape index (κ1) is 15.5. The molecule has 1 fully saturated rings. The molecule has 21 heavy (non-hydrogen) atoms. The fourth-order valence-electron chi connectivity index (χ4n) is 2.42. The minimum absolute atomic E-state index is 0.207. The van der Waals surface area contributed by atoms with Crippen LogP contribution in [0.5, 0.6) is 0 Å². The predicted octanol–water partition coefficient (Wildman–Crippen LogP) is 1.78. The molecule has 1 aliphatic rings. The third-order valence-electron chi connectivity index (χ3n) is 3.69. The van der Waals surface area contributed by atoms with E-state index < -0.39 is 5.41 Å². The topological polar surface area (TPSA) is 67.4 Å². The van der Waals surface area contributed by atoms with Crippen LogP contribution >= 0.6 is 0 Å². The SMILES string of the molecule is COCCNC(=O)C1(C(=O)Nc2cc(C)cc(C)c2)CC1. The highest BCUT2D eigenvalue weighted by molar-refractivity contribution is 6.13. The predicted molar refractivity (Wildman–Crippen MR) is 81.1 cm³/mol. The fourth-order valence-corrected chi connectivity index (χ4v) is 2.42. The maximum atomic E-state index is 12.4. The van der Waals surface area contributed by atoms with Gasteiger partial charge in [0.15, 0.2) is 0 Å². The van der Waals surface area contributed by atoms with Crippen molar-refractivity contribution in [1.82, 2.24) is 5.32 Å². The van der Waals surface area contributed by atoms with Crippen LogP contribution in [0.4, 0.5) is 5.69 Å². The van der Waals surface area contributed by atoms with E-state index in [1.165, 1.54) is 0 Å². The number of benzene rings is 1. The molecule has 0 heterocycles. The molecule has 2 N–H and O–H groups in total. The minimum Gasteiger partial charge on any atom is -0.383 e. The quantitative estimate of drug-likeness (QED) is 0.620. The van der Waals surface area contributed by atoms with Gasteiger partial charge in [0.1, 0.15) is 5.41 Å². The Labute approximate surface area is 125 Å². The van der Waals surface area contributed by atoms with Gasteiger partial charge in [0.05, 0.1) is 6.61 Å². The molecule has 1 saturated carbocycles. The number of hydrogen-bond donors (Lipinski definition) is 2. The molecular weight excluding hydrogens is 268 g/mol. The van der Waals surface area contributed by atoms with Crippen molar-refractivity contribution in [1.29, 1.82) is 0 Å². The largest absolute Gasteiger partial charge is 0.383 e. The molecule has 5 heteroatoms. The van der Waals surface area contributed by atoms with Crippen molar-refractivity contribution in [2.45, 2.75) is 26.7 Å². The van der Waals surface area contributed by atoms with Crippen LogP contribution < -0.4 is 10.6 Å². The molecule has 1 aliphatic carbocycles. The molecule has 0 radical (unpaired) electrons. The Morgan fingerprint density at radius 2 is 1.76 bits per heavy atom. The van der Waals surface area contributed by atoms with Crippen LogP contribution in [0.1, 0.15) is 24.0 Å². The van der Waals surface area contributed by atoms with Crippen LogP contribution in [0.25, 0.3) is 0 Å². The van der Waals surface area contributed by atoms with Crippen molar-refractivity contribution in [2.24, 2.45) is 5.41 Å². The summed E-state index contributed by atoms with van der Waals surface area (Å²) in [5.74, 6) is -0.427. The van der Waals surface area contributed by atoms with Gasteiger partial charge < -0.3 is 15.4 Å². The molecule has 1 aromatic carbocycles. The number of ether oxygens (including phenoxy) is 1. The maximum absolute atomic E-state index is 12.4. The summed E-state index contributed by atoms with van der Waals surface area (Å²) in [5.41, 5.74) is 2.01. The Morgan fingerprint density at radius 1 is 1.14 bits per heavy atom. The zero-order valence-corrected chi connectivity index (χ0v) is 12.8. The van der Waals surface area contributed by atoms with Gasteiger partial charge in [-0.1, -0.05) is 6.07 Å². The van der Waals surface area contributed by atoms with E-state index in [-0.39, 0.29) is 11.8 Å². The molecular formula is C16H22N2O3. The van der Waals surface area contributed by atoms with E-state index in [1.807, 2.05) is 32.0 Å². The van der Waals surface area contributed by atoms with Crippen LogP contribution in [0.2, 0.25) is 0 Å². The van der Waals surface area contributed by atoms with Crippen LogP contribution in [0, 0.1) is 19.3 Å². The first-order valence-corrected chi connectivity index (χ1v) is 7.15. The monoisotopic (exact) mass is 290 g/mol. The molecule has 114 valence electrons. The van der Waals surface area contributed by atoms with Crippen molar-refractivity contribution in [2.75, 3.05) is 25.6 Å². The Balaban J connectivity index is 2.00. The molecule has 0 atom stereocenters. The third-order valence-corrected chi connectivity index (χ3v) is 3.69. The van der Waals surface area contributed by atoms with Crippen molar-refractivity contribution in [3.05, 3.63) is 29.3 Å². The normalized spacial score (nSPS) is 15.4. The van der Waals surface area contributed by atoms with Crippen molar-refractivity contribution in [3.8, 4) is 0 Å². The number of nitrogens with one attached hydrogen (secondary N) is 2. The third kappa shape index (κ3) is 3.61. The van der Waals surface area contributed by atoms with E-state index in [1.54, 1.807) is 7.11 Å². The van der Waals surface area contributed by atoms with E-state index >= 15 is 0 Å². The molecule has 0 aliphatic heterocycles. The number of aryl methyl sites for hydroxylation is 2. The molecule has 0 bridgehead atoms. The van der Waals surface area contributed by atoms with Gasteiger partial charge in [-0.05, 0) is 49.9 Å². The van der Waals surface area contributed by atoms with Gasteiger partial charge in [-0.3, -0.25) is 9.59 Å². The molecule has 1 aromatic rings. The number of carbonyl (C=O) groups excluding carboxylic acids is 2. The Bertz CT molecular complexity index is 530. The standard InChI is InChI=1S/C16H22N2O3/c1-11-8-12(2)10-13(9-11)18-15(20)16(4-5-16)14(19)17-6-7-21-3/h8-10H,4-7H2,1-3H3,(H,17,19)(H,18,20). The summed E-state index contributed by atoms with van der Waals surface area (Å²) in [7, 11) is 1.58. The molecule has 0 unspecified atom stereocenters. The van der Waals surface area contributed by atoms with E-state index in [4.69, 9.17) is 4.74 Å². The number of amides is 2. The Morgan fingerprint density at radius 3 is 2.29 bits per heavy atom. The van der Waals surface area contributed by atoms with Gasteiger partial charge in [-0.25, -0.2) is 0 Å². The molecule has 2 rings (SSSR count). The van der Waals surface area contributed by atoms with Crippen LogP contribution in [-0.2, 0) is 14.3 Å². The Hall–Kier alpha value is -1.88. The molecule has 0 saturated heterocycles. The zero-order chi connectivity index (χ0) is 15.5. The van der Waals surface area contributed by atoms with Crippen molar-refractivity contribution >= 4 is 17.5 Å². The van der Waals surface area contributed by atoms with Gasteiger partial charge in [-0.2, -0.15) is 0 Å². The highest BCUT2D eigenvalue weighted by atomic mass is 16.5. The lowest BCUT2D eigenvalue weighted by atomic mass is 10.0. The lowest BCUT2D eigenvalue weighted by Gasteiger charge is -2.16. The first-order chi connectivity index (χ1) is 9.98. The highest BCUT2D eigenvalue weighted by Crippen LogP contribution is 2.46. The van der Waals surface area contributed by atoms with Gasteiger partial charge in [0.25, 0.3) is 0 Å². The van der Waals surface area contributed by atoms with Gasteiger partial charge in [0.2, 0.25) is 11.8 Å². The Kier molecular flexibility index (Phi) is 4.63. The molecule has 2 amide bonds. The number of methoxy groups -OCH3 is 1. The zero-order valence-electron chi connectivity index (χ0n) is 12.8. The van der Waals surface area contributed by atoms with Crippen molar-refractivity contribution < 1.29 is 14.3 Å². The van der Waals surface area contributed by atoms with E-state index in [2.05, 4.69) is 10.6 Å². The summed E-state index contributed by atoms with van der Waals surface area (Å²) >= 11 is 0. The first-order valence-electron chi connectivity index (χ1n) is 7.15. The second-order valence-electron chi connectivity index (χ2n) is 5.66. The summed E-state index contributed by atoms with van der Waals surface area (Å²) in [6.45, 7) is 4.83. The highest BCUT2D eigenvalue weighted by Gasteiger charge is 2.56. The minimum atomic E-state index is -0.897. The van der Waals surface area contributed by atoms with Crippen LogP contribution in [-0.4, -0.2) is 32.1 Å². The van der Waals surface area contributed by atoms with Gasteiger partial charge in [0, 0.05) is 19.3 Å². The molecule has 5 nitrogen and oxygen atoms in total. The van der Waals surface area contributed by atoms with Gasteiger partial charge in [-0.15, -0.1) is 0 Å². The summed E-state index contributed by atoms with van der Waals surface area (Å²) in [6.07, 6.45) is 1.20. The van der Waals surface area contributed by atoms with Crippen LogP contribution in [0.3, 0.4) is 0 Å². The number of carbonyl (C=O) groups is 2. The lowest BCUT2D eigenvalue weighted by Crippen LogP contribution is -2.41. The number of hydrogen-bond acceptors (Lipinski definition) is 3. The number of rotatable bonds is 6. The molecule has 0 aromatic heterocycles. The van der Waals surface area contributed by atoms with E-state index in [0.717, 1.165) is 16.8 Å². The summed E-state index contributed by atoms with van der Waals surface area (Å²) in [6, 6.07) is 5.85. The molecule has 0 spiro atoms. The van der Waals surface area contributed by atoms with Crippen molar-refractivity contribution in [3.63, 3.8) is 0 Å². The summed E-state index contributed by atoms with van der Waals surface area (Å²) in [5, 5.41) is 5.62. The van der Waals surface area contributed by atoms with E-state index in [9.17, 15) is 9.59 Å². The summed E-state index contributed by atoms with van der Waals surface area (Å²) in [4.78, 5) is 24.5. The lowest BCUT2D eigenvalue weighted by molar-refractivity contribution is -0.134. The fraction of sp³-hybridized carbons (Fsp3) is 0.500. The second kappa shape index (κ2) is 6.26. The smallest absolute Gasteiger partial charge is 0.240 e. The maximum Gasteiger partial charge on any atom is 0.240 e. The summed E-state index contributed by atoms with van der Waals surface area (Å²) < 4.78 is 4.89. The number of anilines is 1. The van der Waals surface area contributed by atoms with E-state index in [0.29, 0.717) is 26.0 Å². The second-order valence-corrected chi connectivity index (χ2v) is 5.66. The van der Waals surface area contributed by atoms with Gasteiger partial charge >= 0.3 is 0 Å². The average molecular weight is 290 g/mol. The van der Waals surface area contributed by atoms with Crippen LogP contribution in [0.15, 0.2) is 18.2 Å².